The molecule has 0 unspecified atom stereocenters. The summed E-state index contributed by atoms with van der Waals surface area (Å²) >= 11 is 0. The number of nitrogens with zero attached hydrogens (tertiary/aromatic N) is 1. The Hall–Kier alpha value is -3.08. The van der Waals surface area contributed by atoms with Crippen LogP contribution in [0.5, 0.6) is 5.75 Å². The zero-order valence-electron chi connectivity index (χ0n) is 12.4. The largest absolute Gasteiger partial charge is 0.505 e. The fraction of sp³-hybridized carbons (Fsp3) is 0.111. The molecule has 2 aromatic carbocycles. The van der Waals surface area contributed by atoms with Gasteiger partial charge in [0.05, 0.1) is 17.4 Å². The molecule has 1 aromatic heterocycles. The third-order valence-corrected chi connectivity index (χ3v) is 3.54. The van der Waals surface area contributed by atoms with Crippen LogP contribution in [0.1, 0.15) is 11.3 Å². The number of aryl methyl sites for hydroxylation is 2. The summed E-state index contributed by atoms with van der Waals surface area (Å²) in [6.07, 6.45) is 3.76. The van der Waals surface area contributed by atoms with Crippen molar-refractivity contribution in [2.75, 3.05) is 5.32 Å². The predicted molar refractivity (Wildman–Crippen MR) is 87.1 cm³/mol. The van der Waals surface area contributed by atoms with Gasteiger partial charge in [-0.2, -0.15) is 0 Å². The normalized spacial score (nSPS) is 10.4. The van der Waals surface area contributed by atoms with Crippen LogP contribution in [0.2, 0.25) is 0 Å². The summed E-state index contributed by atoms with van der Waals surface area (Å²) in [6, 6.07) is 15.1. The molecule has 0 saturated carbocycles. The van der Waals surface area contributed by atoms with Crippen LogP contribution in [0.25, 0.3) is 11.5 Å². The molecule has 116 valence electrons. The summed E-state index contributed by atoms with van der Waals surface area (Å²) in [5, 5.41) is 12.6. The second kappa shape index (κ2) is 6.79. The molecule has 0 saturated heterocycles. The minimum Gasteiger partial charge on any atom is -0.505 e. The van der Waals surface area contributed by atoms with Gasteiger partial charge in [0.2, 0.25) is 12.3 Å². The number of aromatic nitrogens is 1. The number of phenols is 1. The number of rotatable bonds is 6. The molecule has 5 nitrogen and oxygen atoms in total. The summed E-state index contributed by atoms with van der Waals surface area (Å²) < 4.78 is 5.72. The molecule has 0 aliphatic heterocycles. The quantitative estimate of drug-likeness (QED) is 0.540. The molecule has 1 amide bonds. The molecule has 3 aromatic rings. The predicted octanol–water partition coefficient (Wildman–Crippen LogP) is 3.40. The summed E-state index contributed by atoms with van der Waals surface area (Å²) in [5.41, 5.74) is 2.00. The standard InChI is InChI=1S/C18H16N2O3/c21-12-20-16-8-4-7-15(17(16)22)18-19-11-14(23-18)10-9-13-5-2-1-3-6-13/h1-8,11-12,22H,9-10H2,(H,20,21). The van der Waals surface area contributed by atoms with Crippen LogP contribution in [-0.2, 0) is 17.6 Å². The van der Waals surface area contributed by atoms with E-state index < -0.39 is 0 Å². The van der Waals surface area contributed by atoms with Crippen LogP contribution < -0.4 is 5.32 Å². The first kappa shape index (κ1) is 14.8. The van der Waals surface area contributed by atoms with E-state index in [2.05, 4.69) is 22.4 Å². The Kier molecular flexibility index (Phi) is 4.38. The highest BCUT2D eigenvalue weighted by Crippen LogP contribution is 2.34. The fourth-order valence-electron chi connectivity index (χ4n) is 2.36. The van der Waals surface area contributed by atoms with E-state index in [0.717, 1.165) is 18.6 Å². The monoisotopic (exact) mass is 308 g/mol. The van der Waals surface area contributed by atoms with Crippen LogP contribution in [0, 0.1) is 0 Å². The topological polar surface area (TPSA) is 75.4 Å². The van der Waals surface area contributed by atoms with Crippen molar-refractivity contribution in [3.8, 4) is 17.2 Å². The van der Waals surface area contributed by atoms with Gasteiger partial charge in [-0.05, 0) is 24.1 Å². The van der Waals surface area contributed by atoms with E-state index in [0.29, 0.717) is 23.6 Å². The number of anilines is 1. The Morgan fingerprint density at radius 2 is 1.91 bits per heavy atom. The highest BCUT2D eigenvalue weighted by atomic mass is 16.4. The van der Waals surface area contributed by atoms with E-state index in [1.165, 1.54) is 5.56 Å². The van der Waals surface area contributed by atoms with Gasteiger partial charge in [-0.25, -0.2) is 4.98 Å². The maximum Gasteiger partial charge on any atom is 0.230 e. The minimum absolute atomic E-state index is 0.0592. The first-order valence-electron chi connectivity index (χ1n) is 7.29. The van der Waals surface area contributed by atoms with Gasteiger partial charge in [-0.15, -0.1) is 0 Å². The van der Waals surface area contributed by atoms with Gasteiger partial charge in [0.25, 0.3) is 0 Å². The van der Waals surface area contributed by atoms with Crippen LogP contribution in [0.15, 0.2) is 59.1 Å². The molecule has 0 aliphatic carbocycles. The van der Waals surface area contributed by atoms with Crippen molar-refractivity contribution in [2.45, 2.75) is 12.8 Å². The van der Waals surface area contributed by atoms with Crippen molar-refractivity contribution in [1.29, 1.82) is 0 Å². The minimum atomic E-state index is -0.0592. The Morgan fingerprint density at radius 3 is 2.70 bits per heavy atom. The highest BCUT2D eigenvalue weighted by molar-refractivity contribution is 5.81. The lowest BCUT2D eigenvalue weighted by Crippen LogP contribution is -1.94. The van der Waals surface area contributed by atoms with Gasteiger partial charge in [0, 0.05) is 6.42 Å². The van der Waals surface area contributed by atoms with Gasteiger partial charge in [0.15, 0.2) is 5.75 Å². The molecule has 0 fully saturated rings. The third kappa shape index (κ3) is 3.40. The zero-order chi connectivity index (χ0) is 16.1. The summed E-state index contributed by atoms with van der Waals surface area (Å²) in [5.74, 6) is 1.02. The number of hydrogen-bond donors (Lipinski definition) is 2. The molecule has 0 aliphatic rings. The van der Waals surface area contributed by atoms with E-state index in [9.17, 15) is 9.90 Å². The van der Waals surface area contributed by atoms with Crippen LogP contribution in [0.4, 0.5) is 5.69 Å². The number of carbonyl (C=O) groups excluding carboxylic acids is 1. The van der Waals surface area contributed by atoms with Crippen LogP contribution in [-0.4, -0.2) is 16.5 Å². The van der Waals surface area contributed by atoms with Crippen molar-refractivity contribution in [3.63, 3.8) is 0 Å². The molecular formula is C18H16N2O3. The van der Waals surface area contributed by atoms with E-state index in [-0.39, 0.29) is 5.75 Å². The van der Waals surface area contributed by atoms with Gasteiger partial charge in [0.1, 0.15) is 5.76 Å². The number of para-hydroxylation sites is 1. The van der Waals surface area contributed by atoms with E-state index in [1.807, 2.05) is 18.2 Å². The Morgan fingerprint density at radius 1 is 1.09 bits per heavy atom. The van der Waals surface area contributed by atoms with Crippen molar-refractivity contribution < 1.29 is 14.3 Å². The van der Waals surface area contributed by atoms with Crippen molar-refractivity contribution in [1.82, 2.24) is 4.98 Å². The molecule has 0 radical (unpaired) electrons. The van der Waals surface area contributed by atoms with Crippen LogP contribution in [0.3, 0.4) is 0 Å². The lowest BCUT2D eigenvalue weighted by molar-refractivity contribution is -0.105. The number of amides is 1. The molecule has 5 heteroatoms. The number of hydrogen-bond acceptors (Lipinski definition) is 4. The molecule has 0 bridgehead atoms. The smallest absolute Gasteiger partial charge is 0.230 e. The van der Waals surface area contributed by atoms with Gasteiger partial charge in [-0.1, -0.05) is 36.4 Å². The Labute approximate surface area is 133 Å². The summed E-state index contributed by atoms with van der Waals surface area (Å²) in [6.45, 7) is 0. The molecule has 1 heterocycles. The Balaban J connectivity index is 1.77. The van der Waals surface area contributed by atoms with Crippen LogP contribution >= 0.6 is 0 Å². The number of carbonyl (C=O) groups is 1. The third-order valence-electron chi connectivity index (χ3n) is 3.54. The Bertz CT molecular complexity index is 797. The average molecular weight is 308 g/mol. The number of nitrogens with one attached hydrogen (secondary N) is 1. The maximum atomic E-state index is 10.5. The van der Waals surface area contributed by atoms with Crippen molar-refractivity contribution >= 4 is 12.1 Å². The SMILES string of the molecule is O=CNc1cccc(-c2ncc(CCc3ccccc3)o2)c1O. The summed E-state index contributed by atoms with van der Waals surface area (Å²) in [7, 11) is 0. The number of benzene rings is 2. The second-order valence-electron chi connectivity index (χ2n) is 5.08. The first-order chi connectivity index (χ1) is 11.3. The lowest BCUT2D eigenvalue weighted by Gasteiger charge is -2.05. The fourth-order valence-corrected chi connectivity index (χ4v) is 2.36. The van der Waals surface area contributed by atoms with Gasteiger partial charge >= 0.3 is 0 Å². The van der Waals surface area contributed by atoms with E-state index in [1.54, 1.807) is 24.4 Å². The van der Waals surface area contributed by atoms with Gasteiger partial charge < -0.3 is 14.8 Å². The average Bonchev–Trinajstić information content (AvgIpc) is 3.05. The van der Waals surface area contributed by atoms with Crippen molar-refractivity contribution in [2.24, 2.45) is 0 Å². The maximum absolute atomic E-state index is 10.5. The van der Waals surface area contributed by atoms with E-state index >= 15 is 0 Å². The number of oxazole rings is 1. The molecular weight excluding hydrogens is 292 g/mol. The van der Waals surface area contributed by atoms with E-state index in [4.69, 9.17) is 4.42 Å². The highest BCUT2D eigenvalue weighted by Gasteiger charge is 2.14. The zero-order valence-corrected chi connectivity index (χ0v) is 12.4. The first-order valence-corrected chi connectivity index (χ1v) is 7.29. The second-order valence-corrected chi connectivity index (χ2v) is 5.08. The molecule has 23 heavy (non-hydrogen) atoms. The van der Waals surface area contributed by atoms with Gasteiger partial charge in [-0.3, -0.25) is 4.79 Å². The lowest BCUT2D eigenvalue weighted by atomic mass is 10.1. The molecule has 0 atom stereocenters. The molecule has 3 rings (SSSR count). The number of phenolic OH excluding ortho intramolecular Hbond substituents is 1. The van der Waals surface area contributed by atoms with Crippen molar-refractivity contribution in [3.05, 3.63) is 66.1 Å². The number of aromatic hydroxyl groups is 1. The molecule has 2 N–H and O–H groups in total. The molecule has 0 spiro atoms. The summed E-state index contributed by atoms with van der Waals surface area (Å²) in [4.78, 5) is 14.8.